The van der Waals surface area contributed by atoms with Crippen molar-refractivity contribution in [1.82, 2.24) is 19.7 Å². The van der Waals surface area contributed by atoms with Gasteiger partial charge in [0.1, 0.15) is 0 Å². The van der Waals surface area contributed by atoms with Gasteiger partial charge < -0.3 is 9.88 Å². The standard InChI is InChI=1S/C25H21F3N4O2/c1-14-22(15(2)32(30-14)17-7-5-6-16(12-17)25(26,27)28)23(33)24(34)31-11-10-21-19(13-31)18-8-3-4-9-20(18)29-21/h3-9,12,29H,10-11,13H2,1-2H3. The number of halogens is 3. The van der Waals surface area contributed by atoms with Crippen LogP contribution in [0.1, 0.15) is 38.6 Å². The zero-order chi connectivity index (χ0) is 24.2. The maximum atomic E-state index is 13.2. The molecular weight excluding hydrogens is 445 g/mol. The Labute approximate surface area is 193 Å². The number of hydrogen-bond acceptors (Lipinski definition) is 3. The number of nitrogens with one attached hydrogen (secondary N) is 1. The third-order valence-corrected chi connectivity index (χ3v) is 6.30. The number of rotatable bonds is 3. The fourth-order valence-electron chi connectivity index (χ4n) is 4.63. The van der Waals surface area contributed by atoms with E-state index < -0.39 is 23.4 Å². The first-order chi connectivity index (χ1) is 16.1. The van der Waals surface area contributed by atoms with E-state index in [1.165, 1.54) is 21.7 Å². The summed E-state index contributed by atoms with van der Waals surface area (Å²) in [6.07, 6.45) is -3.90. The number of carbonyl (C=O) groups excluding carboxylic acids is 2. The van der Waals surface area contributed by atoms with Crippen molar-refractivity contribution in [2.45, 2.75) is 33.0 Å². The van der Waals surface area contributed by atoms with Crippen LogP contribution in [-0.4, -0.2) is 37.9 Å². The molecule has 6 nitrogen and oxygen atoms in total. The number of para-hydroxylation sites is 1. The van der Waals surface area contributed by atoms with Crippen LogP contribution in [0.15, 0.2) is 48.5 Å². The van der Waals surface area contributed by atoms with Crippen LogP contribution in [0.2, 0.25) is 0 Å². The molecule has 2 aromatic heterocycles. The average molecular weight is 466 g/mol. The molecule has 1 aliphatic heterocycles. The predicted octanol–water partition coefficient (Wildman–Crippen LogP) is 4.76. The number of H-pyrrole nitrogens is 1. The molecule has 3 heterocycles. The minimum absolute atomic E-state index is 0.118. The highest BCUT2D eigenvalue weighted by Crippen LogP contribution is 2.31. The number of alkyl halides is 3. The number of carbonyl (C=O) groups is 2. The molecule has 5 rings (SSSR count). The van der Waals surface area contributed by atoms with E-state index in [2.05, 4.69) is 10.1 Å². The Balaban J connectivity index is 1.45. The van der Waals surface area contributed by atoms with Crippen molar-refractivity contribution in [2.24, 2.45) is 0 Å². The van der Waals surface area contributed by atoms with Gasteiger partial charge in [0, 0.05) is 41.7 Å². The van der Waals surface area contributed by atoms with Crippen LogP contribution < -0.4 is 0 Å². The molecule has 1 N–H and O–H groups in total. The molecule has 34 heavy (non-hydrogen) atoms. The Bertz CT molecular complexity index is 1450. The first-order valence-corrected chi connectivity index (χ1v) is 10.8. The molecule has 0 saturated carbocycles. The lowest BCUT2D eigenvalue weighted by Gasteiger charge is -2.26. The smallest absolute Gasteiger partial charge is 0.358 e. The predicted molar refractivity (Wildman–Crippen MR) is 120 cm³/mol. The number of benzene rings is 2. The van der Waals surface area contributed by atoms with Crippen LogP contribution >= 0.6 is 0 Å². The van der Waals surface area contributed by atoms with Gasteiger partial charge in [-0.05, 0) is 38.1 Å². The van der Waals surface area contributed by atoms with Gasteiger partial charge in [-0.25, -0.2) is 4.68 Å². The Hall–Kier alpha value is -3.88. The van der Waals surface area contributed by atoms with E-state index >= 15 is 0 Å². The molecule has 0 bridgehead atoms. The topological polar surface area (TPSA) is 71.0 Å². The number of amides is 1. The number of Topliss-reactive ketones (excluding diaryl/α,β-unsaturated/α-hetero) is 1. The molecule has 0 spiro atoms. The highest BCUT2D eigenvalue weighted by molar-refractivity contribution is 6.43. The molecule has 9 heteroatoms. The Morgan fingerprint density at radius 3 is 2.59 bits per heavy atom. The number of hydrogen-bond donors (Lipinski definition) is 1. The van der Waals surface area contributed by atoms with Crippen LogP contribution in [-0.2, 0) is 23.9 Å². The summed E-state index contributed by atoms with van der Waals surface area (Å²) in [5.41, 5.74) is 3.12. The number of ketones is 1. The summed E-state index contributed by atoms with van der Waals surface area (Å²) in [6, 6.07) is 12.5. The van der Waals surface area contributed by atoms with E-state index in [1.54, 1.807) is 13.8 Å². The van der Waals surface area contributed by atoms with Crippen molar-refractivity contribution in [1.29, 1.82) is 0 Å². The molecule has 0 radical (unpaired) electrons. The van der Waals surface area contributed by atoms with E-state index in [9.17, 15) is 22.8 Å². The normalized spacial score (nSPS) is 13.9. The lowest BCUT2D eigenvalue weighted by Crippen LogP contribution is -2.40. The second-order valence-electron chi connectivity index (χ2n) is 8.44. The minimum Gasteiger partial charge on any atom is -0.358 e. The second kappa shape index (κ2) is 7.86. The Kier molecular flexibility index (Phi) is 5.07. The van der Waals surface area contributed by atoms with Crippen molar-refractivity contribution in [3.63, 3.8) is 0 Å². The summed E-state index contributed by atoms with van der Waals surface area (Å²) >= 11 is 0. The molecule has 174 valence electrons. The first-order valence-electron chi connectivity index (χ1n) is 10.8. The van der Waals surface area contributed by atoms with E-state index in [0.29, 0.717) is 25.2 Å². The summed E-state index contributed by atoms with van der Waals surface area (Å²) in [7, 11) is 0. The van der Waals surface area contributed by atoms with Gasteiger partial charge in [-0.1, -0.05) is 24.3 Å². The van der Waals surface area contributed by atoms with Crippen molar-refractivity contribution < 1.29 is 22.8 Å². The SMILES string of the molecule is Cc1nn(-c2cccc(C(F)(F)F)c2)c(C)c1C(=O)C(=O)N1CCc2[nH]c3ccccc3c2C1. The maximum absolute atomic E-state index is 13.2. The van der Waals surface area contributed by atoms with Crippen LogP contribution in [0.25, 0.3) is 16.6 Å². The van der Waals surface area contributed by atoms with Crippen LogP contribution in [0.5, 0.6) is 0 Å². The summed E-state index contributed by atoms with van der Waals surface area (Å²) in [6.45, 7) is 3.86. The number of aromatic amines is 1. The van der Waals surface area contributed by atoms with Crippen molar-refractivity contribution in [3.05, 3.63) is 82.3 Å². The van der Waals surface area contributed by atoms with Gasteiger partial charge in [0.05, 0.1) is 28.2 Å². The Morgan fingerprint density at radius 1 is 1.06 bits per heavy atom. The van der Waals surface area contributed by atoms with Gasteiger partial charge in [0.15, 0.2) is 0 Å². The monoisotopic (exact) mass is 466 g/mol. The number of fused-ring (bicyclic) bond motifs is 3. The molecule has 1 amide bonds. The van der Waals surface area contributed by atoms with Crippen molar-refractivity contribution in [3.8, 4) is 5.69 Å². The van der Waals surface area contributed by atoms with Crippen molar-refractivity contribution in [2.75, 3.05) is 6.54 Å². The zero-order valence-electron chi connectivity index (χ0n) is 18.5. The van der Waals surface area contributed by atoms with Gasteiger partial charge in [0.25, 0.3) is 11.7 Å². The van der Waals surface area contributed by atoms with E-state index in [0.717, 1.165) is 34.3 Å². The van der Waals surface area contributed by atoms with Gasteiger partial charge >= 0.3 is 6.18 Å². The molecule has 0 atom stereocenters. The van der Waals surface area contributed by atoms with Crippen LogP contribution in [0.3, 0.4) is 0 Å². The highest BCUT2D eigenvalue weighted by atomic mass is 19.4. The van der Waals surface area contributed by atoms with E-state index in [4.69, 9.17) is 0 Å². The van der Waals surface area contributed by atoms with Crippen LogP contribution in [0.4, 0.5) is 13.2 Å². The quantitative estimate of drug-likeness (QED) is 0.350. The van der Waals surface area contributed by atoms with Crippen LogP contribution in [0, 0.1) is 13.8 Å². The first kappa shape index (κ1) is 21.9. The molecule has 1 aliphatic rings. The van der Waals surface area contributed by atoms with Crippen molar-refractivity contribution >= 4 is 22.6 Å². The summed E-state index contributed by atoms with van der Waals surface area (Å²) < 4.78 is 40.7. The largest absolute Gasteiger partial charge is 0.416 e. The minimum atomic E-state index is -4.50. The third kappa shape index (κ3) is 3.57. The van der Waals surface area contributed by atoms with Gasteiger partial charge in [-0.15, -0.1) is 0 Å². The molecule has 0 saturated heterocycles. The summed E-state index contributed by atoms with van der Waals surface area (Å²) in [5.74, 6) is -1.36. The van der Waals surface area contributed by atoms with Gasteiger partial charge in [-0.3, -0.25) is 9.59 Å². The molecule has 2 aromatic carbocycles. The molecule has 0 fully saturated rings. The van der Waals surface area contributed by atoms with Gasteiger partial charge in [0.2, 0.25) is 0 Å². The number of aryl methyl sites for hydroxylation is 1. The zero-order valence-corrected chi connectivity index (χ0v) is 18.5. The lowest BCUT2D eigenvalue weighted by atomic mass is 10.0. The third-order valence-electron chi connectivity index (χ3n) is 6.30. The molecule has 0 unspecified atom stereocenters. The fourth-order valence-corrected chi connectivity index (χ4v) is 4.63. The number of aromatic nitrogens is 3. The fraction of sp³-hybridized carbons (Fsp3) is 0.240. The average Bonchev–Trinajstić information content (AvgIpc) is 3.33. The van der Waals surface area contributed by atoms with E-state index in [1.807, 2.05) is 24.3 Å². The van der Waals surface area contributed by atoms with E-state index in [-0.39, 0.29) is 16.9 Å². The maximum Gasteiger partial charge on any atom is 0.416 e. The molecular formula is C25H21F3N4O2. The van der Waals surface area contributed by atoms with Gasteiger partial charge in [-0.2, -0.15) is 18.3 Å². The summed E-state index contributed by atoms with van der Waals surface area (Å²) in [4.78, 5) is 31.3. The summed E-state index contributed by atoms with van der Waals surface area (Å²) in [5, 5.41) is 5.29. The highest BCUT2D eigenvalue weighted by Gasteiger charge is 2.33. The lowest BCUT2D eigenvalue weighted by molar-refractivity contribution is -0.137. The number of nitrogens with zero attached hydrogens (tertiary/aromatic N) is 3. The molecule has 0 aliphatic carbocycles. The second-order valence-corrected chi connectivity index (χ2v) is 8.44. The Morgan fingerprint density at radius 2 is 1.82 bits per heavy atom. The molecule has 4 aromatic rings.